The average molecular weight is 183 g/mol. The molecule has 1 aromatic rings. The van der Waals surface area contributed by atoms with Gasteiger partial charge in [0, 0.05) is 12.7 Å². The molecule has 0 fully saturated rings. The maximum absolute atomic E-state index is 9.35. The highest BCUT2D eigenvalue weighted by Gasteiger charge is 2.07. The Labute approximate surface area is 76.6 Å². The van der Waals surface area contributed by atoms with Gasteiger partial charge in [-0.3, -0.25) is 0 Å². The van der Waals surface area contributed by atoms with Crippen molar-refractivity contribution in [2.24, 2.45) is 5.73 Å². The summed E-state index contributed by atoms with van der Waals surface area (Å²) in [5, 5.41) is 9.35. The lowest BCUT2D eigenvalue weighted by atomic mass is 10.2. The van der Waals surface area contributed by atoms with Gasteiger partial charge in [-0.15, -0.1) is 0 Å². The normalized spacial score (nSPS) is 12.5. The van der Waals surface area contributed by atoms with E-state index in [9.17, 15) is 5.11 Å². The van der Waals surface area contributed by atoms with Gasteiger partial charge in [0.1, 0.15) is 6.10 Å². The van der Waals surface area contributed by atoms with Gasteiger partial charge in [-0.1, -0.05) is 0 Å². The van der Waals surface area contributed by atoms with Crippen LogP contribution in [0.2, 0.25) is 0 Å². The molecule has 0 amide bonds. The topological polar surface area (TPSA) is 81.3 Å². The third kappa shape index (κ3) is 2.64. The summed E-state index contributed by atoms with van der Waals surface area (Å²) >= 11 is 0. The van der Waals surface area contributed by atoms with E-state index in [0.29, 0.717) is 12.3 Å². The smallest absolute Gasteiger partial charge is 0.316 e. The van der Waals surface area contributed by atoms with Crippen molar-refractivity contribution >= 4 is 0 Å². The summed E-state index contributed by atoms with van der Waals surface area (Å²) in [7, 11) is 0. The zero-order valence-corrected chi connectivity index (χ0v) is 7.47. The van der Waals surface area contributed by atoms with Gasteiger partial charge >= 0.3 is 6.01 Å². The molecule has 3 N–H and O–H groups in total. The molecule has 0 saturated carbocycles. The number of hydrogen-bond acceptors (Lipinski definition) is 5. The summed E-state index contributed by atoms with van der Waals surface area (Å²) < 4.78 is 5.07. The Kier molecular flexibility index (Phi) is 3.60. The number of aliphatic hydroxyl groups excluding tert-OH is 1. The van der Waals surface area contributed by atoms with Crippen LogP contribution in [0.25, 0.3) is 0 Å². The third-order valence-electron chi connectivity index (χ3n) is 1.49. The summed E-state index contributed by atoms with van der Waals surface area (Å²) in [4.78, 5) is 7.83. The highest BCUT2D eigenvalue weighted by Crippen LogP contribution is 2.10. The van der Waals surface area contributed by atoms with E-state index in [1.807, 2.05) is 6.92 Å². The summed E-state index contributed by atoms with van der Waals surface area (Å²) in [5.74, 6) is 0. The van der Waals surface area contributed by atoms with Gasteiger partial charge in [-0.25, -0.2) is 4.98 Å². The Bertz CT molecular complexity index is 267. The van der Waals surface area contributed by atoms with E-state index in [1.165, 1.54) is 6.20 Å². The quantitative estimate of drug-likeness (QED) is 0.679. The van der Waals surface area contributed by atoms with E-state index in [0.717, 1.165) is 0 Å². The second kappa shape index (κ2) is 4.74. The van der Waals surface area contributed by atoms with Crippen molar-refractivity contribution in [2.75, 3.05) is 13.2 Å². The Balaban J connectivity index is 2.78. The summed E-state index contributed by atoms with van der Waals surface area (Å²) in [5.41, 5.74) is 5.76. The zero-order valence-electron chi connectivity index (χ0n) is 7.47. The predicted octanol–water partition coefficient (Wildman–Crippen LogP) is -0.133. The van der Waals surface area contributed by atoms with Crippen molar-refractivity contribution in [3.8, 4) is 6.01 Å². The van der Waals surface area contributed by atoms with Crippen LogP contribution in [0.5, 0.6) is 6.01 Å². The highest BCUT2D eigenvalue weighted by atomic mass is 16.5. The van der Waals surface area contributed by atoms with Crippen LogP contribution in [0, 0.1) is 0 Å². The minimum absolute atomic E-state index is 0.141. The average Bonchev–Trinajstić information content (AvgIpc) is 2.18. The molecule has 1 unspecified atom stereocenters. The van der Waals surface area contributed by atoms with Crippen LogP contribution in [-0.4, -0.2) is 28.2 Å². The molecule has 5 nitrogen and oxygen atoms in total. The van der Waals surface area contributed by atoms with Crippen molar-refractivity contribution in [3.63, 3.8) is 0 Å². The molecular formula is C8H13N3O2. The first kappa shape index (κ1) is 9.88. The van der Waals surface area contributed by atoms with Gasteiger partial charge in [-0.2, -0.15) is 4.98 Å². The second-order valence-electron chi connectivity index (χ2n) is 2.45. The van der Waals surface area contributed by atoms with Crippen LogP contribution in [0.15, 0.2) is 12.3 Å². The van der Waals surface area contributed by atoms with Gasteiger partial charge in [-0.05, 0) is 13.0 Å². The predicted molar refractivity (Wildman–Crippen MR) is 47.2 cm³/mol. The first-order valence-corrected chi connectivity index (χ1v) is 4.11. The van der Waals surface area contributed by atoms with Crippen molar-refractivity contribution in [1.82, 2.24) is 9.97 Å². The number of hydrogen-bond donors (Lipinski definition) is 2. The van der Waals surface area contributed by atoms with E-state index in [2.05, 4.69) is 9.97 Å². The molecule has 0 aliphatic rings. The van der Waals surface area contributed by atoms with Crippen molar-refractivity contribution in [1.29, 1.82) is 0 Å². The van der Waals surface area contributed by atoms with Gasteiger partial charge in [0.25, 0.3) is 0 Å². The first-order chi connectivity index (χ1) is 6.27. The Morgan fingerprint density at radius 3 is 3.08 bits per heavy atom. The second-order valence-corrected chi connectivity index (χ2v) is 2.45. The lowest BCUT2D eigenvalue weighted by molar-refractivity contribution is 0.179. The molecule has 1 atom stereocenters. The highest BCUT2D eigenvalue weighted by molar-refractivity contribution is 5.08. The molecule has 0 aliphatic heterocycles. The fraction of sp³-hybridized carbons (Fsp3) is 0.500. The maximum Gasteiger partial charge on any atom is 0.316 e. The number of aliphatic hydroxyl groups is 1. The fourth-order valence-corrected chi connectivity index (χ4v) is 0.859. The number of nitrogens with zero attached hydrogens (tertiary/aromatic N) is 2. The summed E-state index contributed by atoms with van der Waals surface area (Å²) in [6, 6.07) is 1.88. The van der Waals surface area contributed by atoms with Gasteiger partial charge in [0.05, 0.1) is 12.3 Å². The fourth-order valence-electron chi connectivity index (χ4n) is 0.859. The van der Waals surface area contributed by atoms with E-state index < -0.39 is 6.10 Å². The number of nitrogens with two attached hydrogens (primary N) is 1. The third-order valence-corrected chi connectivity index (χ3v) is 1.49. The minimum atomic E-state index is -0.748. The molecule has 0 saturated heterocycles. The van der Waals surface area contributed by atoms with Crippen LogP contribution in [0.4, 0.5) is 0 Å². The number of ether oxygens (including phenoxy) is 1. The van der Waals surface area contributed by atoms with E-state index in [-0.39, 0.29) is 12.6 Å². The molecular weight excluding hydrogens is 170 g/mol. The number of rotatable bonds is 4. The Hall–Kier alpha value is -1.20. The van der Waals surface area contributed by atoms with Crippen LogP contribution in [0.3, 0.4) is 0 Å². The molecule has 1 heterocycles. The van der Waals surface area contributed by atoms with Gasteiger partial charge < -0.3 is 15.6 Å². The standard InChI is InChI=1S/C8H13N3O2/c1-2-13-8-10-4-3-6(11-8)7(12)5-9/h3-4,7,12H,2,5,9H2,1H3. The van der Waals surface area contributed by atoms with E-state index >= 15 is 0 Å². The molecule has 5 heteroatoms. The molecule has 0 aliphatic carbocycles. The molecule has 1 aromatic heterocycles. The van der Waals surface area contributed by atoms with Crippen LogP contribution < -0.4 is 10.5 Å². The molecule has 13 heavy (non-hydrogen) atoms. The molecule has 72 valence electrons. The Morgan fingerprint density at radius 1 is 1.69 bits per heavy atom. The lowest BCUT2D eigenvalue weighted by Crippen LogP contribution is -2.13. The monoisotopic (exact) mass is 183 g/mol. The molecule has 0 spiro atoms. The molecule has 0 radical (unpaired) electrons. The van der Waals surface area contributed by atoms with Crippen molar-refractivity contribution in [3.05, 3.63) is 18.0 Å². The zero-order chi connectivity index (χ0) is 9.68. The van der Waals surface area contributed by atoms with Gasteiger partial charge in [0.15, 0.2) is 0 Å². The van der Waals surface area contributed by atoms with Crippen LogP contribution >= 0.6 is 0 Å². The van der Waals surface area contributed by atoms with Crippen LogP contribution in [-0.2, 0) is 0 Å². The number of aromatic nitrogens is 2. The van der Waals surface area contributed by atoms with Crippen molar-refractivity contribution in [2.45, 2.75) is 13.0 Å². The first-order valence-electron chi connectivity index (χ1n) is 4.11. The molecule has 0 aromatic carbocycles. The SMILES string of the molecule is CCOc1nccc(C(O)CN)n1. The van der Waals surface area contributed by atoms with E-state index in [4.69, 9.17) is 10.5 Å². The molecule has 0 bridgehead atoms. The molecule has 1 rings (SSSR count). The van der Waals surface area contributed by atoms with E-state index in [1.54, 1.807) is 6.07 Å². The summed E-state index contributed by atoms with van der Waals surface area (Å²) in [6.07, 6.45) is 0.786. The largest absolute Gasteiger partial charge is 0.464 e. The maximum atomic E-state index is 9.35. The lowest BCUT2D eigenvalue weighted by Gasteiger charge is -2.07. The minimum Gasteiger partial charge on any atom is -0.464 e. The Morgan fingerprint density at radius 2 is 2.46 bits per heavy atom. The van der Waals surface area contributed by atoms with Crippen LogP contribution in [0.1, 0.15) is 18.7 Å². The van der Waals surface area contributed by atoms with Crippen molar-refractivity contribution < 1.29 is 9.84 Å². The summed E-state index contributed by atoms with van der Waals surface area (Å²) in [6.45, 7) is 2.49. The van der Waals surface area contributed by atoms with Gasteiger partial charge in [0.2, 0.25) is 0 Å².